The van der Waals surface area contributed by atoms with Crippen LogP contribution in [0.4, 0.5) is 0 Å². The minimum Gasteiger partial charge on any atom is -0.330 e. The van der Waals surface area contributed by atoms with E-state index in [9.17, 15) is 0 Å². The second-order valence-corrected chi connectivity index (χ2v) is 3.24. The maximum absolute atomic E-state index is 5.31. The average Bonchev–Trinajstić information content (AvgIpc) is 2.17. The van der Waals surface area contributed by atoms with E-state index in [2.05, 4.69) is 17.6 Å². The summed E-state index contributed by atoms with van der Waals surface area (Å²) in [6.07, 6.45) is 0.858. The molecule has 0 aliphatic heterocycles. The van der Waals surface area contributed by atoms with Crippen molar-refractivity contribution >= 4 is 24.0 Å². The highest BCUT2D eigenvalue weighted by molar-refractivity contribution is 7.82. The van der Waals surface area contributed by atoms with Gasteiger partial charge in [0.05, 0.1) is 5.69 Å². The Balaban J connectivity index is 2.61. The van der Waals surface area contributed by atoms with E-state index in [4.69, 9.17) is 5.73 Å². The molecule has 0 amide bonds. The van der Waals surface area contributed by atoms with Crippen LogP contribution < -0.4 is 5.73 Å². The predicted octanol–water partition coefficient (Wildman–Crippen LogP) is 0.933. The number of thiazole rings is 1. The van der Waals surface area contributed by atoms with Crippen molar-refractivity contribution in [3.63, 3.8) is 0 Å². The second kappa shape index (κ2) is 3.20. The van der Waals surface area contributed by atoms with Crippen LogP contribution in [0.15, 0.2) is 9.72 Å². The molecule has 2 nitrogen and oxygen atoms in total. The fraction of sp³-hybridized carbons (Fsp3) is 0.400. The van der Waals surface area contributed by atoms with Crippen molar-refractivity contribution in [2.45, 2.75) is 10.8 Å². The van der Waals surface area contributed by atoms with Crippen molar-refractivity contribution in [2.24, 2.45) is 5.73 Å². The van der Waals surface area contributed by atoms with Gasteiger partial charge in [-0.05, 0) is 6.54 Å². The maximum Gasteiger partial charge on any atom is 0.147 e. The minimum absolute atomic E-state index is 0.664. The third-order valence-electron chi connectivity index (χ3n) is 0.940. The van der Waals surface area contributed by atoms with Crippen LogP contribution in [0.1, 0.15) is 5.69 Å². The van der Waals surface area contributed by atoms with Gasteiger partial charge in [-0.3, -0.25) is 0 Å². The number of aromatic nitrogens is 1. The zero-order valence-electron chi connectivity index (χ0n) is 4.87. The molecule has 0 aliphatic carbocycles. The van der Waals surface area contributed by atoms with Gasteiger partial charge >= 0.3 is 0 Å². The Hall–Kier alpha value is -0.0600. The maximum atomic E-state index is 5.31. The topological polar surface area (TPSA) is 38.9 Å². The third kappa shape index (κ3) is 1.97. The molecule has 0 aromatic carbocycles. The van der Waals surface area contributed by atoms with Crippen molar-refractivity contribution in [1.29, 1.82) is 0 Å². The Bertz CT molecular complexity index is 185. The molecule has 0 fully saturated rings. The lowest BCUT2D eigenvalue weighted by molar-refractivity contribution is 0.921. The van der Waals surface area contributed by atoms with Crippen molar-refractivity contribution in [2.75, 3.05) is 6.54 Å². The van der Waals surface area contributed by atoms with Crippen LogP contribution in [-0.2, 0) is 6.42 Å². The smallest absolute Gasteiger partial charge is 0.147 e. The van der Waals surface area contributed by atoms with Crippen molar-refractivity contribution in [1.82, 2.24) is 4.98 Å². The lowest BCUT2D eigenvalue weighted by atomic mass is 10.3. The van der Waals surface area contributed by atoms with Gasteiger partial charge in [-0.2, -0.15) is 0 Å². The minimum atomic E-state index is 0.664. The molecule has 0 atom stereocenters. The first-order valence-corrected chi connectivity index (χ1v) is 3.99. The summed E-state index contributed by atoms with van der Waals surface area (Å²) >= 11 is 5.61. The molecule has 0 bridgehead atoms. The third-order valence-corrected chi connectivity index (χ3v) is 2.05. The Morgan fingerprint density at radius 2 is 2.56 bits per heavy atom. The number of thiol groups is 1. The Morgan fingerprint density at radius 3 is 3.00 bits per heavy atom. The summed E-state index contributed by atoms with van der Waals surface area (Å²) in [4.78, 5) is 4.10. The summed E-state index contributed by atoms with van der Waals surface area (Å²) in [7, 11) is 0. The van der Waals surface area contributed by atoms with Crippen molar-refractivity contribution < 1.29 is 0 Å². The molecule has 0 aliphatic rings. The summed E-state index contributed by atoms with van der Waals surface area (Å²) in [5.41, 5.74) is 6.36. The van der Waals surface area contributed by atoms with E-state index in [0.29, 0.717) is 6.54 Å². The van der Waals surface area contributed by atoms with E-state index in [0.717, 1.165) is 16.5 Å². The number of hydrogen-bond donors (Lipinski definition) is 2. The van der Waals surface area contributed by atoms with Crippen LogP contribution in [0.25, 0.3) is 0 Å². The second-order valence-electron chi connectivity index (χ2n) is 1.66. The average molecular weight is 160 g/mol. The van der Waals surface area contributed by atoms with Crippen LogP contribution in [-0.4, -0.2) is 11.5 Å². The molecule has 0 radical (unpaired) electrons. The molecular weight excluding hydrogens is 152 g/mol. The van der Waals surface area contributed by atoms with E-state index in [1.54, 1.807) is 11.3 Å². The highest BCUT2D eigenvalue weighted by Crippen LogP contribution is 2.12. The van der Waals surface area contributed by atoms with Crippen molar-refractivity contribution in [3.8, 4) is 0 Å². The van der Waals surface area contributed by atoms with Gasteiger partial charge in [0.1, 0.15) is 4.34 Å². The van der Waals surface area contributed by atoms with E-state index in [1.807, 2.05) is 5.38 Å². The van der Waals surface area contributed by atoms with Gasteiger partial charge in [-0.25, -0.2) is 4.98 Å². The van der Waals surface area contributed by atoms with Gasteiger partial charge in [0.25, 0.3) is 0 Å². The molecule has 1 aromatic rings. The Kier molecular flexibility index (Phi) is 2.50. The molecule has 4 heteroatoms. The largest absolute Gasteiger partial charge is 0.330 e. The van der Waals surface area contributed by atoms with E-state index < -0.39 is 0 Å². The van der Waals surface area contributed by atoms with Crippen LogP contribution in [0.3, 0.4) is 0 Å². The first kappa shape index (κ1) is 7.05. The molecule has 1 heterocycles. The first-order valence-electron chi connectivity index (χ1n) is 2.66. The first-order chi connectivity index (χ1) is 4.33. The fourth-order valence-corrected chi connectivity index (χ4v) is 1.43. The highest BCUT2D eigenvalue weighted by atomic mass is 32.2. The Morgan fingerprint density at radius 1 is 1.78 bits per heavy atom. The number of rotatable bonds is 2. The van der Waals surface area contributed by atoms with Gasteiger partial charge < -0.3 is 5.73 Å². The molecule has 1 rings (SSSR count). The quantitative estimate of drug-likeness (QED) is 0.632. The summed E-state index contributed by atoms with van der Waals surface area (Å²) in [5.74, 6) is 0. The van der Waals surface area contributed by atoms with Gasteiger partial charge in [-0.1, -0.05) is 0 Å². The normalized spacial score (nSPS) is 10.0. The Labute approximate surface area is 63.5 Å². The molecule has 50 valence electrons. The zero-order chi connectivity index (χ0) is 6.69. The SMILES string of the molecule is NCCc1csc(S)n1. The van der Waals surface area contributed by atoms with Crippen LogP contribution in [0.5, 0.6) is 0 Å². The van der Waals surface area contributed by atoms with Crippen LogP contribution in [0, 0.1) is 0 Å². The number of nitrogens with zero attached hydrogens (tertiary/aromatic N) is 1. The van der Waals surface area contributed by atoms with Gasteiger partial charge in [0, 0.05) is 11.8 Å². The molecule has 9 heavy (non-hydrogen) atoms. The highest BCUT2D eigenvalue weighted by Gasteiger charge is 1.94. The fourth-order valence-electron chi connectivity index (χ4n) is 0.559. The van der Waals surface area contributed by atoms with Crippen molar-refractivity contribution in [3.05, 3.63) is 11.1 Å². The number of nitrogens with two attached hydrogens (primary N) is 1. The number of hydrogen-bond acceptors (Lipinski definition) is 4. The summed E-state index contributed by atoms with van der Waals surface area (Å²) in [6.45, 7) is 0.664. The summed E-state index contributed by atoms with van der Waals surface area (Å²) in [6, 6.07) is 0. The van der Waals surface area contributed by atoms with E-state index >= 15 is 0 Å². The lowest BCUT2D eigenvalue weighted by Crippen LogP contribution is -2.02. The van der Waals surface area contributed by atoms with Gasteiger partial charge in [0.15, 0.2) is 0 Å². The summed E-state index contributed by atoms with van der Waals surface area (Å²) < 4.78 is 0.818. The monoisotopic (exact) mass is 160 g/mol. The molecule has 1 aromatic heterocycles. The molecule has 0 spiro atoms. The van der Waals surface area contributed by atoms with E-state index in [1.165, 1.54) is 0 Å². The molecule has 0 saturated heterocycles. The predicted molar refractivity (Wildman–Crippen MR) is 42.1 cm³/mol. The lowest BCUT2D eigenvalue weighted by Gasteiger charge is -1.86. The van der Waals surface area contributed by atoms with Gasteiger partial charge in [0.2, 0.25) is 0 Å². The summed E-state index contributed by atoms with van der Waals surface area (Å²) in [5, 5.41) is 1.98. The van der Waals surface area contributed by atoms with Crippen LogP contribution >= 0.6 is 24.0 Å². The molecule has 2 N–H and O–H groups in total. The van der Waals surface area contributed by atoms with Crippen LogP contribution in [0.2, 0.25) is 0 Å². The molecule has 0 unspecified atom stereocenters. The zero-order valence-corrected chi connectivity index (χ0v) is 6.58. The molecular formula is C5H8N2S2. The standard InChI is InChI=1S/C5H8N2S2/c6-2-1-4-3-9-5(8)7-4/h3H,1-2,6H2,(H,7,8). The molecule has 0 saturated carbocycles. The van der Waals surface area contributed by atoms with Gasteiger partial charge in [-0.15, -0.1) is 24.0 Å². The van der Waals surface area contributed by atoms with E-state index in [-0.39, 0.29) is 0 Å².